The van der Waals surface area contributed by atoms with Crippen molar-refractivity contribution in [3.8, 4) is 33.9 Å². The second-order valence-corrected chi connectivity index (χ2v) is 13.7. The number of imidazole rings is 1. The van der Waals surface area contributed by atoms with Crippen LogP contribution in [0.25, 0.3) is 33.9 Å². The van der Waals surface area contributed by atoms with Gasteiger partial charge in [-0.25, -0.2) is 4.98 Å². The molecule has 1 heterocycles. The Balaban J connectivity index is 0.00000329. The fraction of sp³-hybridized carbons (Fsp3) is 0. The van der Waals surface area contributed by atoms with Crippen molar-refractivity contribution in [2.45, 2.75) is 0 Å². The highest BCUT2D eigenvalue weighted by Gasteiger charge is 2.47. The van der Waals surface area contributed by atoms with E-state index >= 15 is 0 Å². The lowest BCUT2D eigenvalue weighted by Crippen LogP contribution is -3.00. The van der Waals surface area contributed by atoms with E-state index < -0.39 is 7.26 Å². The Hall–Kier alpha value is -4.56. The van der Waals surface area contributed by atoms with Crippen LogP contribution < -0.4 is 38.2 Å². The van der Waals surface area contributed by atoms with E-state index in [-0.39, 0.29) is 17.0 Å². The third-order valence-corrected chi connectivity index (χ3v) is 12.0. The van der Waals surface area contributed by atoms with E-state index in [4.69, 9.17) is 4.98 Å². The highest BCUT2D eigenvalue weighted by Crippen LogP contribution is 2.54. The molecule has 0 radical (unpaired) electrons. The van der Waals surface area contributed by atoms with Gasteiger partial charge >= 0.3 is 0 Å². The van der Waals surface area contributed by atoms with Crippen molar-refractivity contribution < 1.29 is 17.0 Å². The van der Waals surface area contributed by atoms with Gasteiger partial charge in [0.15, 0.2) is 0 Å². The molecule has 6 aromatic carbocycles. The van der Waals surface area contributed by atoms with Gasteiger partial charge in [0.25, 0.3) is 0 Å². The van der Waals surface area contributed by atoms with Crippen LogP contribution in [0.15, 0.2) is 176 Å². The minimum Gasteiger partial charge on any atom is -1.00 e. The summed E-state index contributed by atoms with van der Waals surface area (Å²) in [5.41, 5.74) is 5.26. The zero-order valence-electron chi connectivity index (χ0n) is 23.5. The minimum atomic E-state index is -2.22. The Morgan fingerprint density at radius 2 is 0.791 bits per heavy atom. The molecule has 0 aliphatic heterocycles. The first-order valence-electron chi connectivity index (χ1n) is 14.2. The van der Waals surface area contributed by atoms with E-state index in [0.717, 1.165) is 33.9 Å². The summed E-state index contributed by atoms with van der Waals surface area (Å²) in [6.07, 6.45) is 0. The molecule has 208 valence electrons. The van der Waals surface area contributed by atoms with Gasteiger partial charge in [0, 0.05) is 16.7 Å². The van der Waals surface area contributed by atoms with Crippen LogP contribution in [0.4, 0.5) is 0 Å². The van der Waals surface area contributed by atoms with Crippen molar-refractivity contribution >= 4 is 28.5 Å². The number of nitrogens with one attached hydrogen (secondary N) is 1. The largest absolute Gasteiger partial charge is 1.00 e. The number of hydrogen-bond donors (Lipinski definition) is 1. The smallest absolute Gasteiger partial charge is 0.144 e. The summed E-state index contributed by atoms with van der Waals surface area (Å²) in [4.78, 5) is 8.94. The zero-order valence-corrected chi connectivity index (χ0v) is 26.0. The molecule has 7 rings (SSSR count). The predicted octanol–water partition coefficient (Wildman–Crippen LogP) is 5.03. The number of benzene rings is 6. The Kier molecular flexibility index (Phi) is 8.47. The van der Waals surface area contributed by atoms with Gasteiger partial charge in [-0.05, 0) is 48.5 Å². The van der Waals surface area contributed by atoms with Gasteiger partial charge in [-0.1, -0.05) is 127 Å². The molecule has 0 amide bonds. The second kappa shape index (κ2) is 12.8. The first kappa shape index (κ1) is 28.6. The Bertz CT molecular complexity index is 1750. The lowest BCUT2D eigenvalue weighted by atomic mass is 10.1. The van der Waals surface area contributed by atoms with Gasteiger partial charge in [-0.15, -0.1) is 0 Å². The third-order valence-electron chi connectivity index (χ3n) is 7.75. The maximum Gasteiger partial charge on any atom is 0.144 e. The summed E-state index contributed by atoms with van der Waals surface area (Å²) in [7, 11) is -2.22. The molecule has 0 saturated carbocycles. The maximum absolute atomic E-state index is 5.23. The normalized spacial score (nSPS) is 11.1. The lowest BCUT2D eigenvalue weighted by Gasteiger charge is -2.27. The average molecular weight is 638 g/mol. The first-order chi connectivity index (χ1) is 20.8. The number of aromatic amines is 1. The number of rotatable bonds is 7. The molecule has 0 unspecified atom stereocenters. The number of hydrogen-bond acceptors (Lipinski definition) is 1. The summed E-state index contributed by atoms with van der Waals surface area (Å²) in [6, 6.07) is 62.9. The van der Waals surface area contributed by atoms with Crippen LogP contribution >= 0.6 is 7.26 Å². The zero-order chi connectivity index (χ0) is 28.2. The molecule has 0 fully saturated rings. The standard InChI is InChI=1S/C39H30N2P.BrH/c1-6-17-30(18-7-1)37-38(31-19-8-2-9-20-31)41-39(40-37)32-21-16-28-36(29-32)42(33-22-10-3-11-23-33,34-24-12-4-13-25-34)35-26-14-5-15-27-35;/h1-29H,(H,40,41);1H/q+1;/p-1. The van der Waals surface area contributed by atoms with Crippen molar-refractivity contribution in [1.29, 1.82) is 0 Å². The summed E-state index contributed by atoms with van der Waals surface area (Å²) in [5, 5.41) is 5.28. The highest BCUT2D eigenvalue weighted by molar-refractivity contribution is 8.01. The fourth-order valence-corrected chi connectivity index (χ4v) is 10.1. The lowest BCUT2D eigenvalue weighted by molar-refractivity contribution is -0.00000806. The van der Waals surface area contributed by atoms with Gasteiger partial charge in [0.1, 0.15) is 34.3 Å². The molecule has 1 aromatic heterocycles. The Morgan fingerprint density at radius 1 is 0.395 bits per heavy atom. The second-order valence-electron chi connectivity index (χ2n) is 10.3. The highest BCUT2D eigenvalue weighted by atomic mass is 79.9. The number of halogens is 1. The molecular weight excluding hydrogens is 607 g/mol. The Morgan fingerprint density at radius 3 is 1.28 bits per heavy atom. The van der Waals surface area contributed by atoms with Crippen molar-refractivity contribution in [2.24, 2.45) is 0 Å². The van der Waals surface area contributed by atoms with E-state index in [9.17, 15) is 0 Å². The van der Waals surface area contributed by atoms with Crippen molar-refractivity contribution in [1.82, 2.24) is 9.97 Å². The van der Waals surface area contributed by atoms with Crippen LogP contribution in [0, 0.1) is 0 Å². The molecule has 43 heavy (non-hydrogen) atoms. The van der Waals surface area contributed by atoms with E-state index in [1.54, 1.807) is 0 Å². The number of H-pyrrole nitrogens is 1. The van der Waals surface area contributed by atoms with E-state index in [2.05, 4.69) is 169 Å². The monoisotopic (exact) mass is 636 g/mol. The molecule has 2 nitrogen and oxygen atoms in total. The van der Waals surface area contributed by atoms with Gasteiger partial charge in [-0.3, -0.25) is 0 Å². The molecule has 0 atom stereocenters. The predicted molar refractivity (Wildman–Crippen MR) is 180 cm³/mol. The summed E-state index contributed by atoms with van der Waals surface area (Å²) < 4.78 is 0. The van der Waals surface area contributed by atoms with E-state index in [1.165, 1.54) is 21.2 Å². The maximum atomic E-state index is 5.23. The van der Waals surface area contributed by atoms with Gasteiger partial charge < -0.3 is 22.0 Å². The molecule has 0 bridgehead atoms. The topological polar surface area (TPSA) is 28.7 Å². The summed E-state index contributed by atoms with van der Waals surface area (Å²) in [5.74, 6) is 0.863. The quantitative estimate of drug-likeness (QED) is 0.244. The van der Waals surface area contributed by atoms with Crippen LogP contribution in [0.1, 0.15) is 0 Å². The van der Waals surface area contributed by atoms with Crippen LogP contribution in [0.5, 0.6) is 0 Å². The van der Waals surface area contributed by atoms with Gasteiger partial charge in [0.2, 0.25) is 0 Å². The fourth-order valence-electron chi connectivity index (χ4n) is 5.84. The van der Waals surface area contributed by atoms with E-state index in [1.807, 2.05) is 12.1 Å². The van der Waals surface area contributed by atoms with Gasteiger partial charge in [-0.2, -0.15) is 0 Å². The van der Waals surface area contributed by atoms with Crippen LogP contribution in [-0.4, -0.2) is 9.97 Å². The molecule has 0 aliphatic rings. The molecule has 7 aromatic rings. The first-order valence-corrected chi connectivity index (χ1v) is 16.0. The number of nitrogens with zero attached hydrogens (tertiary/aromatic N) is 1. The molecule has 4 heteroatoms. The molecule has 0 saturated heterocycles. The minimum absolute atomic E-state index is 0. The average Bonchev–Trinajstić information content (AvgIpc) is 3.54. The van der Waals surface area contributed by atoms with Crippen LogP contribution in [0.3, 0.4) is 0 Å². The molecular formula is C39H30BrN2P. The Labute approximate surface area is 264 Å². The van der Waals surface area contributed by atoms with Crippen molar-refractivity contribution in [2.75, 3.05) is 0 Å². The molecule has 1 N–H and O–H groups in total. The van der Waals surface area contributed by atoms with Gasteiger partial charge in [0.05, 0.1) is 11.4 Å². The summed E-state index contributed by atoms with van der Waals surface area (Å²) in [6.45, 7) is 0. The third kappa shape index (κ3) is 5.39. The molecule has 0 aliphatic carbocycles. The van der Waals surface area contributed by atoms with E-state index in [0.29, 0.717) is 0 Å². The van der Waals surface area contributed by atoms with Crippen LogP contribution in [0.2, 0.25) is 0 Å². The van der Waals surface area contributed by atoms with Crippen molar-refractivity contribution in [3.05, 3.63) is 176 Å². The van der Waals surface area contributed by atoms with Crippen LogP contribution in [-0.2, 0) is 0 Å². The SMILES string of the molecule is [Br-].c1ccc(-c2nc(-c3cccc([P+](c4ccccc4)(c4ccccc4)c4ccccc4)c3)[nH]c2-c2ccccc2)cc1. The van der Waals surface area contributed by atoms with Crippen molar-refractivity contribution in [3.63, 3.8) is 0 Å². The molecule has 0 spiro atoms. The summed E-state index contributed by atoms with van der Waals surface area (Å²) >= 11 is 0. The number of aromatic nitrogens is 2.